The van der Waals surface area contributed by atoms with E-state index < -0.39 is 0 Å². The van der Waals surface area contributed by atoms with Gasteiger partial charge >= 0.3 is 0 Å². The zero-order valence-corrected chi connectivity index (χ0v) is 14.2. The van der Waals surface area contributed by atoms with Crippen molar-refractivity contribution >= 4 is 17.7 Å². The Labute approximate surface area is 137 Å². The van der Waals surface area contributed by atoms with Crippen molar-refractivity contribution in [2.45, 2.75) is 36.8 Å². The first-order valence-electron chi connectivity index (χ1n) is 7.75. The van der Waals surface area contributed by atoms with Crippen molar-refractivity contribution in [2.75, 3.05) is 33.1 Å². The maximum Gasteiger partial charge on any atom is 0.248 e. The zero-order chi connectivity index (χ0) is 15.8. The highest BCUT2D eigenvalue weighted by Gasteiger charge is 2.15. The molecular formula is C17H25NO3S. The summed E-state index contributed by atoms with van der Waals surface area (Å²) in [4.78, 5) is 15.0. The number of carbonyl (C=O) groups is 1. The molecule has 0 aliphatic carbocycles. The Morgan fingerprint density at radius 1 is 1.45 bits per heavy atom. The molecule has 122 valence electrons. The molecular weight excluding hydrogens is 298 g/mol. The highest BCUT2D eigenvalue weighted by atomic mass is 32.2. The van der Waals surface area contributed by atoms with Crippen molar-refractivity contribution in [3.63, 3.8) is 0 Å². The quantitative estimate of drug-likeness (QED) is 0.723. The third-order valence-corrected chi connectivity index (χ3v) is 4.51. The Morgan fingerprint density at radius 2 is 2.32 bits per heavy atom. The predicted octanol–water partition coefficient (Wildman–Crippen LogP) is 2.95. The largest absolute Gasteiger partial charge is 0.376 e. The lowest BCUT2D eigenvalue weighted by molar-refractivity contribution is -0.137. The molecule has 22 heavy (non-hydrogen) atoms. The summed E-state index contributed by atoms with van der Waals surface area (Å²) in [7, 11) is 1.81. The lowest BCUT2D eigenvalue weighted by atomic mass is 10.1. The molecule has 1 fully saturated rings. The Balaban J connectivity index is 1.71. The van der Waals surface area contributed by atoms with Crippen molar-refractivity contribution in [3.8, 4) is 0 Å². The Morgan fingerprint density at radius 3 is 3.05 bits per heavy atom. The Bertz CT molecular complexity index is 475. The van der Waals surface area contributed by atoms with Gasteiger partial charge in [-0.2, -0.15) is 0 Å². The maximum absolute atomic E-state index is 12.1. The van der Waals surface area contributed by atoms with Gasteiger partial charge in [-0.05, 0) is 43.2 Å². The van der Waals surface area contributed by atoms with Crippen LogP contribution in [-0.4, -0.2) is 50.0 Å². The average molecular weight is 323 g/mol. The summed E-state index contributed by atoms with van der Waals surface area (Å²) < 4.78 is 11.1. The molecule has 0 saturated carbocycles. The van der Waals surface area contributed by atoms with Gasteiger partial charge in [-0.25, -0.2) is 0 Å². The second-order valence-corrected chi connectivity index (χ2v) is 6.48. The van der Waals surface area contributed by atoms with Crippen LogP contribution in [0.25, 0.3) is 0 Å². The van der Waals surface area contributed by atoms with E-state index in [1.807, 2.05) is 19.2 Å². The molecule has 1 amide bonds. The van der Waals surface area contributed by atoms with Crippen molar-refractivity contribution in [3.05, 3.63) is 29.8 Å². The molecule has 1 saturated heterocycles. The number of thioether (sulfide) groups is 1. The van der Waals surface area contributed by atoms with Crippen LogP contribution in [0.2, 0.25) is 0 Å². The lowest BCUT2D eigenvalue weighted by Gasteiger charge is -2.23. The molecule has 4 nitrogen and oxygen atoms in total. The lowest BCUT2D eigenvalue weighted by Crippen LogP contribution is -2.32. The molecule has 0 bridgehead atoms. The molecule has 1 atom stereocenters. The van der Waals surface area contributed by atoms with Crippen LogP contribution in [0.5, 0.6) is 0 Å². The molecule has 2 rings (SSSR count). The maximum atomic E-state index is 12.1. The average Bonchev–Trinajstić information content (AvgIpc) is 2.56. The normalized spacial score (nSPS) is 18.2. The third-order valence-electron chi connectivity index (χ3n) is 3.78. The van der Waals surface area contributed by atoms with Gasteiger partial charge in [0.25, 0.3) is 0 Å². The molecule has 0 N–H and O–H groups in total. The van der Waals surface area contributed by atoms with E-state index >= 15 is 0 Å². The molecule has 1 heterocycles. The van der Waals surface area contributed by atoms with Crippen molar-refractivity contribution in [1.82, 2.24) is 4.90 Å². The first-order valence-corrected chi connectivity index (χ1v) is 8.97. The molecule has 0 unspecified atom stereocenters. The van der Waals surface area contributed by atoms with E-state index in [2.05, 4.69) is 18.4 Å². The van der Waals surface area contributed by atoms with Gasteiger partial charge in [0.1, 0.15) is 6.61 Å². The number of amides is 1. The van der Waals surface area contributed by atoms with Crippen molar-refractivity contribution in [1.29, 1.82) is 0 Å². The van der Waals surface area contributed by atoms with Crippen LogP contribution in [0.3, 0.4) is 0 Å². The first kappa shape index (κ1) is 17.3. The minimum absolute atomic E-state index is 0.00497. The van der Waals surface area contributed by atoms with Crippen LogP contribution in [0.4, 0.5) is 0 Å². The molecule has 0 spiro atoms. The van der Waals surface area contributed by atoms with E-state index in [1.54, 1.807) is 16.7 Å². The standard InChI is InChI=1S/C17H25NO3S/c1-18(11-14-6-5-8-16(10-14)22-2)17(19)13-20-12-15-7-3-4-9-21-15/h5-6,8,10,15H,3-4,7,9,11-13H2,1-2H3/t15-/m0/s1. The van der Waals surface area contributed by atoms with E-state index in [-0.39, 0.29) is 18.6 Å². The van der Waals surface area contributed by atoms with Gasteiger partial charge in [0.2, 0.25) is 5.91 Å². The summed E-state index contributed by atoms with van der Waals surface area (Å²) in [6, 6.07) is 8.26. The van der Waals surface area contributed by atoms with E-state index in [1.165, 1.54) is 11.3 Å². The second-order valence-electron chi connectivity index (χ2n) is 5.61. The van der Waals surface area contributed by atoms with Crippen LogP contribution in [-0.2, 0) is 20.8 Å². The first-order chi connectivity index (χ1) is 10.7. The minimum atomic E-state index is 0.00497. The third kappa shape index (κ3) is 5.63. The number of carbonyl (C=O) groups excluding carboxylic acids is 1. The smallest absolute Gasteiger partial charge is 0.248 e. The number of rotatable bonds is 7. The minimum Gasteiger partial charge on any atom is -0.376 e. The molecule has 1 aromatic carbocycles. The molecule has 1 aliphatic heterocycles. The van der Waals surface area contributed by atoms with E-state index in [4.69, 9.17) is 9.47 Å². The Kier molecular flexibility index (Phi) is 7.22. The molecule has 0 radical (unpaired) electrons. The van der Waals surface area contributed by atoms with E-state index in [0.29, 0.717) is 13.2 Å². The summed E-state index contributed by atoms with van der Waals surface area (Å²) in [6.45, 7) is 2.06. The number of hydrogen-bond acceptors (Lipinski definition) is 4. The van der Waals surface area contributed by atoms with Crippen LogP contribution in [0.15, 0.2) is 29.2 Å². The predicted molar refractivity (Wildman–Crippen MR) is 89.1 cm³/mol. The number of ether oxygens (including phenoxy) is 2. The van der Waals surface area contributed by atoms with Crippen molar-refractivity contribution < 1.29 is 14.3 Å². The van der Waals surface area contributed by atoms with Crippen molar-refractivity contribution in [2.24, 2.45) is 0 Å². The fraction of sp³-hybridized carbons (Fsp3) is 0.588. The number of hydrogen-bond donors (Lipinski definition) is 0. The monoisotopic (exact) mass is 323 g/mol. The van der Waals surface area contributed by atoms with Gasteiger partial charge in [0.05, 0.1) is 12.7 Å². The van der Waals surface area contributed by atoms with Crippen LogP contribution < -0.4 is 0 Å². The van der Waals surface area contributed by atoms with Gasteiger partial charge in [-0.15, -0.1) is 11.8 Å². The fourth-order valence-corrected chi connectivity index (χ4v) is 2.94. The zero-order valence-electron chi connectivity index (χ0n) is 13.4. The molecule has 0 aromatic heterocycles. The van der Waals surface area contributed by atoms with E-state index in [0.717, 1.165) is 25.0 Å². The van der Waals surface area contributed by atoms with Gasteiger partial charge in [0.15, 0.2) is 0 Å². The Hall–Kier alpha value is -1.04. The van der Waals surface area contributed by atoms with Crippen LogP contribution in [0, 0.1) is 0 Å². The summed E-state index contributed by atoms with van der Waals surface area (Å²) in [5, 5.41) is 0. The summed E-state index contributed by atoms with van der Waals surface area (Å²) >= 11 is 1.71. The summed E-state index contributed by atoms with van der Waals surface area (Å²) in [5.41, 5.74) is 1.14. The molecule has 5 heteroatoms. The highest BCUT2D eigenvalue weighted by molar-refractivity contribution is 7.98. The van der Waals surface area contributed by atoms with Gasteiger partial charge < -0.3 is 14.4 Å². The molecule has 1 aromatic rings. The fourth-order valence-electron chi connectivity index (χ4n) is 2.46. The SMILES string of the molecule is CSc1cccc(CN(C)C(=O)COC[C@@H]2CCCCO2)c1. The van der Waals surface area contributed by atoms with Gasteiger partial charge in [-0.3, -0.25) is 4.79 Å². The second kappa shape index (κ2) is 9.18. The number of likely N-dealkylation sites (N-methyl/N-ethyl adjacent to an activating group) is 1. The van der Waals surface area contributed by atoms with Crippen LogP contribution in [0.1, 0.15) is 24.8 Å². The highest BCUT2D eigenvalue weighted by Crippen LogP contribution is 2.17. The van der Waals surface area contributed by atoms with E-state index in [9.17, 15) is 4.79 Å². The van der Waals surface area contributed by atoms with Crippen LogP contribution >= 0.6 is 11.8 Å². The summed E-state index contributed by atoms with van der Waals surface area (Å²) in [5.74, 6) is 0.00497. The van der Waals surface area contributed by atoms with Gasteiger partial charge in [-0.1, -0.05) is 12.1 Å². The summed E-state index contributed by atoms with van der Waals surface area (Å²) in [6.07, 6.45) is 5.56. The number of nitrogens with zero attached hydrogens (tertiary/aromatic N) is 1. The molecule has 1 aliphatic rings. The number of benzene rings is 1. The van der Waals surface area contributed by atoms with Gasteiger partial charge in [0, 0.05) is 25.1 Å². The topological polar surface area (TPSA) is 38.8 Å².